The van der Waals surface area contributed by atoms with Crippen molar-refractivity contribution in [1.82, 2.24) is 4.98 Å². The normalized spacial score (nSPS) is 10.5. The van der Waals surface area contributed by atoms with Crippen LogP contribution in [-0.2, 0) is 0 Å². The lowest BCUT2D eigenvalue weighted by Crippen LogP contribution is -2.16. The summed E-state index contributed by atoms with van der Waals surface area (Å²) in [5, 5.41) is 0. The first kappa shape index (κ1) is 11.8. The summed E-state index contributed by atoms with van der Waals surface area (Å²) < 4.78 is 29.8. The number of methoxy groups -OCH3 is 1. The number of ether oxygens (including phenoxy) is 1. The Bertz CT molecular complexity index is 398. The third kappa shape index (κ3) is 2.41. The van der Waals surface area contributed by atoms with Crippen LogP contribution < -0.4 is 10.5 Å². The molecule has 1 amide bonds. The Morgan fingerprint density at radius 1 is 1.67 bits per heavy atom. The van der Waals surface area contributed by atoms with Gasteiger partial charge in [0.15, 0.2) is 0 Å². The number of nitrogens with two attached hydrogens (primary N) is 1. The number of nitrogens with zero attached hydrogens (tertiary/aromatic N) is 1. The second-order valence-electron chi connectivity index (χ2n) is 2.58. The molecule has 0 radical (unpaired) electrons. The Morgan fingerprint density at radius 3 is 2.67 bits per heavy atom. The first-order chi connectivity index (χ1) is 6.97. The molecule has 0 saturated carbocycles. The van der Waals surface area contributed by atoms with Crippen molar-refractivity contribution in [2.45, 2.75) is 6.43 Å². The average Bonchev–Trinajstić information content (AvgIpc) is 2.15. The summed E-state index contributed by atoms with van der Waals surface area (Å²) in [5.74, 6) is -0.977. The zero-order chi connectivity index (χ0) is 11.6. The van der Waals surface area contributed by atoms with Crippen molar-refractivity contribution in [3.05, 3.63) is 21.8 Å². The van der Waals surface area contributed by atoms with E-state index in [2.05, 4.69) is 20.9 Å². The van der Waals surface area contributed by atoms with E-state index >= 15 is 0 Å². The maximum atomic E-state index is 12.6. The fraction of sp³-hybridized carbons (Fsp3) is 0.250. The molecule has 82 valence electrons. The van der Waals surface area contributed by atoms with Crippen LogP contribution >= 0.6 is 15.9 Å². The first-order valence-corrected chi connectivity index (χ1v) is 4.59. The quantitative estimate of drug-likeness (QED) is 0.860. The van der Waals surface area contributed by atoms with E-state index in [4.69, 9.17) is 10.5 Å². The molecular formula is C8H7BrF2N2O2. The number of carbonyl (C=O) groups is 1. The number of carbonyl (C=O) groups excluding carboxylic acids is 1. The smallest absolute Gasteiger partial charge is 0.264 e. The fourth-order valence-corrected chi connectivity index (χ4v) is 1.63. The number of aromatic nitrogens is 1. The lowest BCUT2D eigenvalue weighted by molar-refractivity contribution is 0.0984. The third-order valence-electron chi connectivity index (χ3n) is 1.67. The number of rotatable bonds is 3. The molecule has 0 aromatic carbocycles. The van der Waals surface area contributed by atoms with Gasteiger partial charge in [-0.1, -0.05) is 0 Å². The second-order valence-corrected chi connectivity index (χ2v) is 3.34. The number of pyridine rings is 1. The molecule has 7 heteroatoms. The molecule has 1 rings (SSSR count). The molecule has 1 aromatic rings. The molecule has 0 aliphatic carbocycles. The SMILES string of the molecule is COc1cc(C(F)F)c(C(N)=O)c(Br)n1. The van der Waals surface area contributed by atoms with Crippen LogP contribution in [0.5, 0.6) is 5.88 Å². The summed E-state index contributed by atoms with van der Waals surface area (Å²) in [6, 6.07) is 0.982. The van der Waals surface area contributed by atoms with E-state index in [1.165, 1.54) is 7.11 Å². The molecule has 1 aromatic heterocycles. The van der Waals surface area contributed by atoms with Crippen LogP contribution in [-0.4, -0.2) is 18.0 Å². The molecule has 0 bridgehead atoms. The predicted molar refractivity (Wildman–Crippen MR) is 52.0 cm³/mol. The third-order valence-corrected chi connectivity index (χ3v) is 2.25. The Hall–Kier alpha value is -1.24. The summed E-state index contributed by atoms with van der Waals surface area (Å²) >= 11 is 2.88. The highest BCUT2D eigenvalue weighted by atomic mass is 79.9. The molecule has 0 aliphatic rings. The van der Waals surface area contributed by atoms with Gasteiger partial charge in [-0.15, -0.1) is 0 Å². The number of hydrogen-bond acceptors (Lipinski definition) is 3. The van der Waals surface area contributed by atoms with E-state index in [0.29, 0.717) is 0 Å². The molecule has 15 heavy (non-hydrogen) atoms. The van der Waals surface area contributed by atoms with Crippen molar-refractivity contribution < 1.29 is 18.3 Å². The van der Waals surface area contributed by atoms with E-state index in [1.807, 2.05) is 0 Å². The summed E-state index contributed by atoms with van der Waals surface area (Å²) in [6.45, 7) is 0. The van der Waals surface area contributed by atoms with Crippen LogP contribution in [0.1, 0.15) is 22.3 Å². The van der Waals surface area contributed by atoms with Crippen LogP contribution in [0.2, 0.25) is 0 Å². The molecule has 0 aliphatic heterocycles. The number of primary amides is 1. The van der Waals surface area contributed by atoms with E-state index in [0.717, 1.165) is 6.07 Å². The van der Waals surface area contributed by atoms with Crippen LogP contribution in [0.25, 0.3) is 0 Å². The van der Waals surface area contributed by atoms with E-state index in [-0.39, 0.29) is 16.0 Å². The minimum absolute atomic E-state index is 0.0119. The van der Waals surface area contributed by atoms with Crippen molar-refractivity contribution in [3.63, 3.8) is 0 Å². The lowest BCUT2D eigenvalue weighted by Gasteiger charge is -2.09. The largest absolute Gasteiger partial charge is 0.481 e. The maximum absolute atomic E-state index is 12.6. The van der Waals surface area contributed by atoms with Crippen molar-refractivity contribution in [3.8, 4) is 5.88 Å². The molecule has 0 unspecified atom stereocenters. The van der Waals surface area contributed by atoms with E-state index < -0.39 is 17.9 Å². The van der Waals surface area contributed by atoms with Crippen LogP contribution in [0, 0.1) is 0 Å². The molecule has 0 fully saturated rings. The predicted octanol–water partition coefficient (Wildman–Crippen LogP) is 1.89. The topological polar surface area (TPSA) is 65.2 Å². The average molecular weight is 281 g/mol. The minimum atomic E-state index is -2.82. The molecule has 2 N–H and O–H groups in total. The van der Waals surface area contributed by atoms with Crippen molar-refractivity contribution in [1.29, 1.82) is 0 Å². The van der Waals surface area contributed by atoms with Gasteiger partial charge in [-0.05, 0) is 15.9 Å². The second kappa shape index (κ2) is 4.52. The van der Waals surface area contributed by atoms with E-state index in [9.17, 15) is 13.6 Å². The highest BCUT2D eigenvalue weighted by Crippen LogP contribution is 2.30. The zero-order valence-electron chi connectivity index (χ0n) is 7.63. The van der Waals surface area contributed by atoms with Gasteiger partial charge < -0.3 is 10.5 Å². The van der Waals surface area contributed by atoms with Crippen LogP contribution in [0.3, 0.4) is 0 Å². The molecule has 4 nitrogen and oxygen atoms in total. The molecular weight excluding hydrogens is 274 g/mol. The highest BCUT2D eigenvalue weighted by molar-refractivity contribution is 9.10. The number of hydrogen-bond donors (Lipinski definition) is 1. The molecule has 0 atom stereocenters. The Balaban J connectivity index is 3.42. The van der Waals surface area contributed by atoms with Gasteiger partial charge in [-0.3, -0.25) is 4.79 Å². The van der Waals surface area contributed by atoms with Gasteiger partial charge in [-0.25, -0.2) is 13.8 Å². The van der Waals surface area contributed by atoms with Crippen molar-refractivity contribution >= 4 is 21.8 Å². The zero-order valence-corrected chi connectivity index (χ0v) is 9.22. The van der Waals surface area contributed by atoms with Gasteiger partial charge in [0.25, 0.3) is 12.3 Å². The van der Waals surface area contributed by atoms with Crippen LogP contribution in [0.4, 0.5) is 8.78 Å². The standard InChI is InChI=1S/C8H7BrF2N2O2/c1-15-4-2-3(7(10)11)5(8(12)14)6(9)13-4/h2,7H,1H3,(H2,12,14). The van der Waals surface area contributed by atoms with E-state index in [1.54, 1.807) is 0 Å². The monoisotopic (exact) mass is 280 g/mol. The highest BCUT2D eigenvalue weighted by Gasteiger charge is 2.22. The fourth-order valence-electron chi connectivity index (χ4n) is 1.03. The Labute approximate surface area is 92.6 Å². The van der Waals surface area contributed by atoms with Crippen molar-refractivity contribution in [2.24, 2.45) is 5.73 Å². The van der Waals surface area contributed by atoms with Gasteiger partial charge in [0.05, 0.1) is 12.7 Å². The van der Waals surface area contributed by atoms with Crippen molar-refractivity contribution in [2.75, 3.05) is 7.11 Å². The summed E-state index contributed by atoms with van der Waals surface area (Å²) in [5.41, 5.74) is 4.13. The summed E-state index contributed by atoms with van der Waals surface area (Å²) in [7, 11) is 1.29. The molecule has 1 heterocycles. The minimum Gasteiger partial charge on any atom is -0.481 e. The molecule has 0 spiro atoms. The lowest BCUT2D eigenvalue weighted by atomic mass is 10.1. The summed E-state index contributed by atoms with van der Waals surface area (Å²) in [4.78, 5) is 14.6. The van der Waals surface area contributed by atoms with Gasteiger partial charge in [-0.2, -0.15) is 0 Å². The van der Waals surface area contributed by atoms with Gasteiger partial charge in [0.1, 0.15) is 4.60 Å². The Morgan fingerprint density at radius 2 is 2.27 bits per heavy atom. The van der Waals surface area contributed by atoms with Gasteiger partial charge in [0.2, 0.25) is 5.88 Å². The van der Waals surface area contributed by atoms with Crippen LogP contribution in [0.15, 0.2) is 10.7 Å². The number of halogens is 3. The number of amides is 1. The van der Waals surface area contributed by atoms with Gasteiger partial charge >= 0.3 is 0 Å². The maximum Gasteiger partial charge on any atom is 0.264 e. The van der Waals surface area contributed by atoms with Gasteiger partial charge in [0, 0.05) is 11.6 Å². The first-order valence-electron chi connectivity index (χ1n) is 3.79. The summed E-state index contributed by atoms with van der Waals surface area (Å²) in [6.07, 6.45) is -2.82. The Kier molecular flexibility index (Phi) is 3.57. The molecule has 0 saturated heterocycles. The number of alkyl halides is 2.